The zero-order valence-electron chi connectivity index (χ0n) is 33.4. The Morgan fingerprint density at radius 2 is 1.86 bits per heavy atom. The Labute approximate surface area is 343 Å². The molecular formula is C42H52N4O10S2. The second-order valence-corrected chi connectivity index (χ2v) is 18.9. The van der Waals surface area contributed by atoms with Crippen LogP contribution in [0.25, 0.3) is 10.9 Å². The van der Waals surface area contributed by atoms with Crippen molar-refractivity contribution in [1.29, 1.82) is 0 Å². The van der Waals surface area contributed by atoms with Crippen molar-refractivity contribution in [2.45, 2.75) is 108 Å². The van der Waals surface area contributed by atoms with E-state index in [2.05, 4.69) is 10.0 Å². The molecule has 2 aromatic heterocycles. The van der Waals surface area contributed by atoms with Crippen LogP contribution in [0.5, 0.6) is 17.4 Å². The molecule has 0 bridgehead atoms. The Morgan fingerprint density at radius 1 is 1.05 bits per heavy atom. The van der Waals surface area contributed by atoms with Gasteiger partial charge < -0.3 is 29.2 Å². The van der Waals surface area contributed by atoms with Crippen LogP contribution in [0.3, 0.4) is 0 Å². The molecule has 4 heterocycles. The summed E-state index contributed by atoms with van der Waals surface area (Å²) in [4.78, 5) is 64.5. The van der Waals surface area contributed by atoms with E-state index in [1.807, 2.05) is 44.2 Å². The first-order valence-corrected chi connectivity index (χ1v) is 22.5. The maximum Gasteiger partial charge on any atom is 0.262 e. The normalized spacial score (nSPS) is 25.8. The molecule has 14 nitrogen and oxygen atoms in total. The topological polar surface area (TPSA) is 180 Å². The molecule has 4 aliphatic rings. The molecule has 3 amide bonds. The van der Waals surface area contributed by atoms with E-state index in [0.717, 1.165) is 29.7 Å². The number of Topliss-reactive ketones (excluding diaryl/α,β-unsaturated/α-hetero) is 1. The van der Waals surface area contributed by atoms with Gasteiger partial charge in [-0.25, -0.2) is 13.4 Å². The number of aryl methyl sites for hydroxylation is 1. The number of nitrogens with one attached hydrogen (secondary N) is 2. The smallest absolute Gasteiger partial charge is 0.262 e. The lowest BCUT2D eigenvalue weighted by Crippen LogP contribution is -2.52. The number of amides is 3. The van der Waals surface area contributed by atoms with Gasteiger partial charge in [0, 0.05) is 41.8 Å². The SMILES string of the molecule is CCOc1cc(O[C@@H]2C[C@H]3C(=O)C[C@]4(C(=O)NS(=O)(=O)C5CC5)C[C@H]4/C=C\CCCCC[C@H](NC(=O)c4ccc(COC)s4)C(=O)N3C2)c2ccc(OC)c(C)c2n1. The molecule has 16 heteroatoms. The van der Waals surface area contributed by atoms with Gasteiger partial charge in [0.2, 0.25) is 27.7 Å². The second kappa shape index (κ2) is 17.4. The minimum absolute atomic E-state index is 0.0279. The van der Waals surface area contributed by atoms with Crippen molar-refractivity contribution in [3.63, 3.8) is 0 Å². The van der Waals surface area contributed by atoms with Gasteiger partial charge in [0.1, 0.15) is 23.6 Å². The van der Waals surface area contributed by atoms with Gasteiger partial charge in [-0.3, -0.25) is 23.9 Å². The number of benzene rings is 1. The average Bonchev–Trinajstić information content (AvgIpc) is 4.08. The first kappa shape index (κ1) is 41.6. The molecule has 7 rings (SSSR count). The molecule has 3 fully saturated rings. The Kier molecular flexibility index (Phi) is 12.5. The predicted octanol–water partition coefficient (Wildman–Crippen LogP) is 5.40. The highest BCUT2D eigenvalue weighted by Crippen LogP contribution is 2.57. The molecule has 2 aliphatic heterocycles. The monoisotopic (exact) mass is 836 g/mol. The summed E-state index contributed by atoms with van der Waals surface area (Å²) in [6, 6.07) is 6.94. The van der Waals surface area contributed by atoms with Crippen LogP contribution in [0.1, 0.15) is 91.2 Å². The van der Waals surface area contributed by atoms with Crippen molar-refractivity contribution in [3.8, 4) is 17.4 Å². The highest BCUT2D eigenvalue weighted by molar-refractivity contribution is 7.90. The standard InChI is InChI=1S/C42H52N4O10S2/c1-5-55-37-20-35(30-16-17-34(54-4)25(2)38(30)44-37)56-27-19-32-33(47)22-42(41(50)45-58(51,52)29-14-15-29)21-26(42)11-9-7-6-8-10-12-31(40(49)46(32)23-27)43-39(48)36-18-13-28(57-36)24-53-3/h9,11,13,16-18,20,26-27,29,31-32H,5-8,10,12,14-15,19,21-24H2,1-4H3,(H,43,48)(H,45,50)/b11-9-/t26-,27-,31+,32+,42-/m1/s1. The summed E-state index contributed by atoms with van der Waals surface area (Å²) in [5, 5.41) is 3.06. The number of allylic oxidation sites excluding steroid dienone is 2. The van der Waals surface area contributed by atoms with Crippen LogP contribution in [0, 0.1) is 18.3 Å². The van der Waals surface area contributed by atoms with Crippen molar-refractivity contribution in [1.82, 2.24) is 19.9 Å². The number of thiophene rings is 1. The number of rotatable bonds is 12. The number of methoxy groups -OCH3 is 2. The summed E-state index contributed by atoms with van der Waals surface area (Å²) >= 11 is 1.28. The highest BCUT2D eigenvalue weighted by Gasteiger charge is 2.61. The molecule has 5 atom stereocenters. The fourth-order valence-electron chi connectivity index (χ4n) is 8.21. The van der Waals surface area contributed by atoms with Crippen LogP contribution in [0.2, 0.25) is 0 Å². The molecule has 1 saturated heterocycles. The van der Waals surface area contributed by atoms with Crippen LogP contribution >= 0.6 is 11.3 Å². The van der Waals surface area contributed by atoms with Gasteiger partial charge in [-0.2, -0.15) is 0 Å². The van der Waals surface area contributed by atoms with Gasteiger partial charge in [-0.1, -0.05) is 25.0 Å². The third kappa shape index (κ3) is 8.88. The maximum atomic E-state index is 14.8. The zero-order valence-corrected chi connectivity index (χ0v) is 35.0. The maximum absolute atomic E-state index is 14.8. The van der Waals surface area contributed by atoms with E-state index in [1.54, 1.807) is 26.4 Å². The van der Waals surface area contributed by atoms with Crippen LogP contribution in [0.15, 0.2) is 42.5 Å². The van der Waals surface area contributed by atoms with E-state index in [9.17, 15) is 27.6 Å². The molecule has 3 aromatic rings. The molecule has 2 aliphatic carbocycles. The molecule has 312 valence electrons. The van der Waals surface area contributed by atoms with Crippen LogP contribution in [0.4, 0.5) is 0 Å². The fraction of sp³-hybridized carbons (Fsp3) is 0.548. The van der Waals surface area contributed by atoms with E-state index in [1.165, 1.54) is 16.2 Å². The second-order valence-electron chi connectivity index (χ2n) is 15.7. The van der Waals surface area contributed by atoms with Crippen molar-refractivity contribution in [3.05, 3.63) is 57.8 Å². The lowest BCUT2D eigenvalue weighted by Gasteiger charge is -2.29. The van der Waals surface area contributed by atoms with Gasteiger partial charge >= 0.3 is 0 Å². The summed E-state index contributed by atoms with van der Waals surface area (Å²) in [5.74, 6) is -0.750. The molecule has 0 spiro atoms. The van der Waals surface area contributed by atoms with Crippen molar-refractivity contribution < 1.29 is 46.5 Å². The van der Waals surface area contributed by atoms with Crippen molar-refractivity contribution in [2.24, 2.45) is 11.3 Å². The number of ether oxygens (including phenoxy) is 4. The molecule has 0 unspecified atom stereocenters. The lowest BCUT2D eigenvalue weighted by atomic mass is 9.91. The third-order valence-electron chi connectivity index (χ3n) is 11.6. The predicted molar refractivity (Wildman–Crippen MR) is 217 cm³/mol. The Balaban J connectivity index is 1.22. The van der Waals surface area contributed by atoms with E-state index >= 15 is 0 Å². The number of hydrogen-bond acceptors (Lipinski definition) is 12. The Morgan fingerprint density at radius 3 is 2.60 bits per heavy atom. The molecule has 1 aromatic carbocycles. The van der Waals surface area contributed by atoms with Gasteiger partial charge in [-0.15, -0.1) is 11.3 Å². The number of hydrogen-bond donors (Lipinski definition) is 2. The summed E-state index contributed by atoms with van der Waals surface area (Å²) in [6.07, 6.45) is 7.74. The first-order chi connectivity index (χ1) is 27.9. The number of carbonyl (C=O) groups excluding carboxylic acids is 4. The number of fused-ring (bicyclic) bond motifs is 3. The summed E-state index contributed by atoms with van der Waals surface area (Å²) in [5.41, 5.74) is 0.141. The van der Waals surface area contributed by atoms with E-state index in [4.69, 9.17) is 23.9 Å². The van der Waals surface area contributed by atoms with Crippen LogP contribution in [-0.4, -0.2) is 92.6 Å². The van der Waals surface area contributed by atoms with Crippen molar-refractivity contribution in [2.75, 3.05) is 27.4 Å². The number of nitrogens with zero attached hydrogens (tertiary/aromatic N) is 2. The molecule has 2 N–H and O–H groups in total. The number of ketones is 1. The third-order valence-corrected chi connectivity index (χ3v) is 14.5. The van der Waals surface area contributed by atoms with E-state index in [-0.39, 0.29) is 31.1 Å². The van der Waals surface area contributed by atoms with E-state index < -0.39 is 56.6 Å². The largest absolute Gasteiger partial charge is 0.496 e. The average molecular weight is 837 g/mol. The Hall–Kier alpha value is -4.54. The van der Waals surface area contributed by atoms with Crippen molar-refractivity contribution >= 4 is 55.8 Å². The van der Waals surface area contributed by atoms with Gasteiger partial charge in [0.05, 0.1) is 54.0 Å². The minimum atomic E-state index is -3.87. The molecule has 0 radical (unpaired) electrons. The fourth-order valence-corrected chi connectivity index (χ4v) is 10.5. The minimum Gasteiger partial charge on any atom is -0.496 e. The lowest BCUT2D eigenvalue weighted by molar-refractivity contribution is -0.140. The van der Waals surface area contributed by atoms with Crippen LogP contribution in [-0.2, 0) is 35.8 Å². The van der Waals surface area contributed by atoms with Gasteiger partial charge in [-0.05, 0) is 82.6 Å². The summed E-state index contributed by atoms with van der Waals surface area (Å²) < 4.78 is 51.5. The number of carbonyl (C=O) groups is 4. The number of sulfonamides is 1. The van der Waals surface area contributed by atoms with Gasteiger partial charge in [0.25, 0.3) is 5.91 Å². The quantitative estimate of drug-likeness (QED) is 0.223. The number of pyridine rings is 1. The molecular weight excluding hydrogens is 785 g/mol. The summed E-state index contributed by atoms with van der Waals surface area (Å²) in [6.45, 7) is 4.49. The van der Waals surface area contributed by atoms with Crippen LogP contribution < -0.4 is 24.2 Å². The molecule has 58 heavy (non-hydrogen) atoms. The van der Waals surface area contributed by atoms with Gasteiger partial charge in [0.15, 0.2) is 5.78 Å². The molecule has 2 saturated carbocycles. The zero-order chi connectivity index (χ0) is 41.2. The first-order valence-electron chi connectivity index (χ1n) is 20.1. The Bertz CT molecular complexity index is 2200. The van der Waals surface area contributed by atoms with E-state index in [0.29, 0.717) is 78.5 Å². The summed E-state index contributed by atoms with van der Waals surface area (Å²) in [7, 11) is -0.703. The highest BCUT2D eigenvalue weighted by atomic mass is 32.2. The number of aromatic nitrogens is 1.